The molecule has 1 aliphatic heterocycles. The van der Waals surface area contributed by atoms with E-state index in [1.165, 1.54) is 0 Å². The number of carbonyl (C=O) groups is 4. The van der Waals surface area contributed by atoms with Crippen LogP contribution in [0, 0.1) is 0 Å². The standard InChI is InChI=1S/C8H11NO5.C3H6.CH2O/c10-5-1-2-8(13)14-9-6(11)3-4-7(9)12;1-3-2;1-2/h10H,1-5H2;3H,1H2,2H3;1H2. The van der Waals surface area contributed by atoms with Gasteiger partial charge in [-0.2, -0.15) is 0 Å². The molecule has 1 rings (SSSR count). The number of nitrogens with zero attached hydrogens (tertiary/aromatic N) is 1. The number of carbonyl (C=O) groups excluding carboxylic acids is 4. The van der Waals surface area contributed by atoms with Crippen molar-refractivity contribution in [3.05, 3.63) is 12.7 Å². The third-order valence-electron chi connectivity index (χ3n) is 1.74. The lowest BCUT2D eigenvalue weighted by molar-refractivity contribution is -0.197. The molecule has 0 unspecified atom stereocenters. The van der Waals surface area contributed by atoms with E-state index >= 15 is 0 Å². The second-order valence-electron chi connectivity index (χ2n) is 3.28. The summed E-state index contributed by atoms with van der Waals surface area (Å²) in [7, 11) is 0. The molecule has 1 N–H and O–H groups in total. The van der Waals surface area contributed by atoms with Crippen molar-refractivity contribution in [1.82, 2.24) is 5.06 Å². The first-order valence-electron chi connectivity index (χ1n) is 5.60. The molecule has 0 aliphatic carbocycles. The zero-order valence-electron chi connectivity index (χ0n) is 11.0. The second kappa shape index (κ2) is 12.4. The van der Waals surface area contributed by atoms with Crippen molar-refractivity contribution in [1.29, 1.82) is 0 Å². The number of aliphatic hydroxyl groups excluding tert-OH is 1. The third-order valence-corrected chi connectivity index (χ3v) is 1.74. The zero-order valence-corrected chi connectivity index (χ0v) is 11.0. The molecule has 2 amide bonds. The first-order valence-corrected chi connectivity index (χ1v) is 5.60. The Hall–Kier alpha value is -2.02. The first kappa shape index (κ1) is 19.3. The Kier molecular flexibility index (Phi) is 12.6. The van der Waals surface area contributed by atoms with E-state index in [0.717, 1.165) is 0 Å². The van der Waals surface area contributed by atoms with Gasteiger partial charge in [-0.3, -0.25) is 9.59 Å². The van der Waals surface area contributed by atoms with Crippen molar-refractivity contribution in [3.63, 3.8) is 0 Å². The van der Waals surface area contributed by atoms with Crippen LogP contribution in [0.1, 0.15) is 32.6 Å². The van der Waals surface area contributed by atoms with Gasteiger partial charge in [0, 0.05) is 19.4 Å². The quantitative estimate of drug-likeness (QED) is 0.586. The number of aliphatic hydroxyl groups is 1. The monoisotopic (exact) mass is 273 g/mol. The Morgan fingerprint density at radius 2 is 1.79 bits per heavy atom. The van der Waals surface area contributed by atoms with E-state index in [2.05, 4.69) is 11.4 Å². The van der Waals surface area contributed by atoms with Crippen LogP contribution in [0.5, 0.6) is 0 Å². The summed E-state index contributed by atoms with van der Waals surface area (Å²) in [4.78, 5) is 45.4. The van der Waals surface area contributed by atoms with Gasteiger partial charge in [-0.25, -0.2) is 4.79 Å². The van der Waals surface area contributed by atoms with Gasteiger partial charge in [0.1, 0.15) is 6.79 Å². The minimum Gasteiger partial charge on any atom is -0.396 e. The summed E-state index contributed by atoms with van der Waals surface area (Å²) in [6, 6.07) is 0. The lowest BCUT2D eigenvalue weighted by Gasteiger charge is -2.11. The molecular weight excluding hydrogens is 254 g/mol. The van der Waals surface area contributed by atoms with Crippen molar-refractivity contribution in [2.45, 2.75) is 32.6 Å². The lowest BCUT2D eigenvalue weighted by Crippen LogP contribution is -2.32. The Balaban J connectivity index is 0. The van der Waals surface area contributed by atoms with Gasteiger partial charge in [-0.15, -0.1) is 11.6 Å². The van der Waals surface area contributed by atoms with E-state index in [0.29, 0.717) is 5.06 Å². The molecule has 1 saturated heterocycles. The molecule has 0 spiro atoms. The fraction of sp³-hybridized carbons (Fsp3) is 0.500. The summed E-state index contributed by atoms with van der Waals surface area (Å²) in [6.07, 6.45) is 2.18. The Labute approximate surface area is 111 Å². The molecule has 0 radical (unpaired) electrons. The molecule has 0 aromatic carbocycles. The number of hydrogen-bond donors (Lipinski definition) is 1. The predicted octanol–water partition coefficient (Wildman–Crippen LogP) is 0.373. The van der Waals surface area contributed by atoms with Crippen molar-refractivity contribution in [2.75, 3.05) is 6.61 Å². The molecule has 7 heteroatoms. The Morgan fingerprint density at radius 1 is 1.37 bits per heavy atom. The zero-order chi connectivity index (χ0) is 15.3. The lowest BCUT2D eigenvalue weighted by atomic mass is 10.3. The molecule has 0 bridgehead atoms. The summed E-state index contributed by atoms with van der Waals surface area (Å²) in [5.41, 5.74) is 0. The molecule has 1 heterocycles. The van der Waals surface area contributed by atoms with Gasteiger partial charge in [0.25, 0.3) is 11.8 Å². The van der Waals surface area contributed by atoms with Crippen LogP contribution in [0.2, 0.25) is 0 Å². The van der Waals surface area contributed by atoms with Gasteiger partial charge in [0.2, 0.25) is 0 Å². The molecule has 7 nitrogen and oxygen atoms in total. The number of amides is 2. The number of hydroxylamine groups is 2. The second-order valence-corrected chi connectivity index (χ2v) is 3.28. The summed E-state index contributed by atoms with van der Waals surface area (Å²) >= 11 is 0. The minimum atomic E-state index is -0.678. The predicted molar refractivity (Wildman–Crippen MR) is 66.5 cm³/mol. The molecule has 0 aromatic rings. The van der Waals surface area contributed by atoms with Crippen molar-refractivity contribution >= 4 is 24.6 Å². The van der Waals surface area contributed by atoms with Crippen molar-refractivity contribution < 1.29 is 29.1 Å². The molecule has 19 heavy (non-hydrogen) atoms. The van der Waals surface area contributed by atoms with Crippen molar-refractivity contribution in [3.8, 4) is 0 Å². The van der Waals surface area contributed by atoms with Crippen LogP contribution >= 0.6 is 0 Å². The molecule has 0 atom stereocenters. The summed E-state index contributed by atoms with van der Waals surface area (Å²) in [5, 5.41) is 8.92. The van der Waals surface area contributed by atoms with E-state index in [1.807, 2.05) is 13.7 Å². The molecule has 0 aromatic heterocycles. The molecule has 1 aliphatic rings. The molecule has 0 saturated carbocycles. The normalized spacial score (nSPS) is 12.8. The number of hydrogen-bond acceptors (Lipinski definition) is 6. The highest BCUT2D eigenvalue weighted by Crippen LogP contribution is 2.12. The third kappa shape index (κ3) is 8.67. The Bertz CT molecular complexity index is 299. The SMILES string of the molecule is C=CC.C=O.O=C(CCCO)ON1C(=O)CCC1=O. The van der Waals surface area contributed by atoms with E-state index < -0.39 is 17.8 Å². The maximum atomic E-state index is 11.0. The number of imide groups is 1. The van der Waals surface area contributed by atoms with Crippen LogP contribution in [0.3, 0.4) is 0 Å². The van der Waals surface area contributed by atoms with E-state index in [1.54, 1.807) is 6.08 Å². The number of allylic oxidation sites excluding steroid dienone is 1. The van der Waals surface area contributed by atoms with Crippen LogP contribution in [0.4, 0.5) is 0 Å². The van der Waals surface area contributed by atoms with Gasteiger partial charge in [0.15, 0.2) is 0 Å². The topological polar surface area (TPSA) is 101 Å². The highest BCUT2D eigenvalue weighted by Gasteiger charge is 2.32. The Morgan fingerprint density at radius 3 is 2.16 bits per heavy atom. The van der Waals surface area contributed by atoms with Gasteiger partial charge in [-0.05, 0) is 13.3 Å². The maximum Gasteiger partial charge on any atom is 0.333 e. The highest BCUT2D eigenvalue weighted by atomic mass is 16.7. The van der Waals surface area contributed by atoms with Crippen LogP contribution in [0.25, 0.3) is 0 Å². The summed E-state index contributed by atoms with van der Waals surface area (Å²) in [6.45, 7) is 7.12. The average molecular weight is 273 g/mol. The van der Waals surface area contributed by atoms with Gasteiger partial charge in [0.05, 0.1) is 6.42 Å². The van der Waals surface area contributed by atoms with Crippen molar-refractivity contribution in [2.24, 2.45) is 0 Å². The fourth-order valence-corrected chi connectivity index (χ4v) is 1.03. The molecule has 108 valence electrons. The smallest absolute Gasteiger partial charge is 0.333 e. The van der Waals surface area contributed by atoms with Gasteiger partial charge >= 0.3 is 5.97 Å². The molecule has 1 fully saturated rings. The van der Waals surface area contributed by atoms with E-state index in [9.17, 15) is 14.4 Å². The highest BCUT2D eigenvalue weighted by molar-refractivity contribution is 6.01. The number of rotatable bonds is 4. The van der Waals surface area contributed by atoms with Crippen LogP contribution in [-0.4, -0.2) is 41.3 Å². The van der Waals surface area contributed by atoms with E-state index in [4.69, 9.17) is 9.90 Å². The summed E-state index contributed by atoms with van der Waals surface area (Å²) < 4.78 is 0. The average Bonchev–Trinajstić information content (AvgIpc) is 2.71. The maximum absolute atomic E-state index is 11.0. The largest absolute Gasteiger partial charge is 0.396 e. The molecular formula is C12H19NO6. The minimum absolute atomic E-state index is 0.00639. The van der Waals surface area contributed by atoms with Crippen LogP contribution in [0.15, 0.2) is 12.7 Å². The van der Waals surface area contributed by atoms with Gasteiger partial charge in [-0.1, -0.05) is 6.08 Å². The first-order chi connectivity index (χ1) is 9.06. The van der Waals surface area contributed by atoms with Gasteiger partial charge < -0.3 is 14.7 Å². The van der Waals surface area contributed by atoms with Crippen LogP contribution in [-0.2, 0) is 24.0 Å². The fourth-order valence-electron chi connectivity index (χ4n) is 1.03. The van der Waals surface area contributed by atoms with Crippen LogP contribution < -0.4 is 0 Å². The summed E-state index contributed by atoms with van der Waals surface area (Å²) in [5.74, 6) is -1.66. The van der Waals surface area contributed by atoms with E-state index in [-0.39, 0.29) is 32.3 Å².